The first-order valence-corrected chi connectivity index (χ1v) is 18.4. The van der Waals surface area contributed by atoms with Crippen LogP contribution in [-0.4, -0.2) is 96.3 Å². The van der Waals surface area contributed by atoms with Crippen molar-refractivity contribution in [2.24, 2.45) is 0 Å². The first kappa shape index (κ1) is 34.8. The minimum atomic E-state index is -0.277. The molecule has 7 rings (SSSR count). The molecule has 4 aliphatic rings. The van der Waals surface area contributed by atoms with Gasteiger partial charge in [-0.3, -0.25) is 19.4 Å². The number of anilines is 5. The maximum absolute atomic E-state index is 12.6. The van der Waals surface area contributed by atoms with Gasteiger partial charge in [0.2, 0.25) is 5.91 Å². The number of carbonyl (C=O) groups is 1. The molecule has 13 heteroatoms. The van der Waals surface area contributed by atoms with Crippen LogP contribution in [0.4, 0.5) is 28.7 Å². The number of hydrogen-bond acceptors (Lipinski definition) is 10. The van der Waals surface area contributed by atoms with Crippen molar-refractivity contribution in [1.29, 1.82) is 0 Å². The topological polar surface area (TPSA) is 98.3 Å². The molecule has 1 aromatic heterocycles. The fourth-order valence-electron chi connectivity index (χ4n) is 7.71. The zero-order valence-corrected chi connectivity index (χ0v) is 30.3. The van der Waals surface area contributed by atoms with Crippen LogP contribution in [0.15, 0.2) is 55.4 Å². The predicted octanol–water partition coefficient (Wildman–Crippen LogP) is 6.55. The van der Waals surface area contributed by atoms with Gasteiger partial charge in [0, 0.05) is 63.0 Å². The van der Waals surface area contributed by atoms with Gasteiger partial charge in [-0.1, -0.05) is 41.9 Å². The fourth-order valence-corrected chi connectivity index (χ4v) is 8.11. The number of ether oxygens (including phenoxy) is 1. The molecular formula is C37H46Cl2N8O3. The number of amides is 1. The van der Waals surface area contributed by atoms with E-state index in [2.05, 4.69) is 48.8 Å². The monoisotopic (exact) mass is 720 g/mol. The molecule has 50 heavy (non-hydrogen) atoms. The molecule has 0 spiro atoms. The van der Waals surface area contributed by atoms with Gasteiger partial charge < -0.3 is 20.3 Å². The Morgan fingerprint density at radius 3 is 2.60 bits per heavy atom. The van der Waals surface area contributed by atoms with Crippen molar-refractivity contribution in [1.82, 2.24) is 19.8 Å². The van der Waals surface area contributed by atoms with E-state index in [9.17, 15) is 4.79 Å². The number of hydroxylamine groups is 1. The van der Waals surface area contributed by atoms with Crippen LogP contribution in [0.25, 0.3) is 0 Å². The second-order valence-corrected chi connectivity index (χ2v) is 14.5. The van der Waals surface area contributed by atoms with Gasteiger partial charge in [-0.15, -0.1) is 0 Å². The van der Waals surface area contributed by atoms with E-state index in [-0.39, 0.29) is 11.9 Å². The first-order valence-electron chi connectivity index (χ1n) is 17.7. The molecule has 3 saturated heterocycles. The van der Waals surface area contributed by atoms with Crippen LogP contribution >= 0.6 is 23.2 Å². The highest BCUT2D eigenvalue weighted by Crippen LogP contribution is 2.40. The van der Waals surface area contributed by atoms with E-state index in [0.29, 0.717) is 63.9 Å². The zero-order valence-electron chi connectivity index (χ0n) is 28.8. The number of piperazine rings is 1. The summed E-state index contributed by atoms with van der Waals surface area (Å²) in [5.41, 5.74) is 3.21. The highest BCUT2D eigenvalue weighted by molar-refractivity contribution is 6.42. The molecule has 3 aliphatic heterocycles. The van der Waals surface area contributed by atoms with Crippen LogP contribution < -0.4 is 25.3 Å². The first-order chi connectivity index (χ1) is 24.3. The summed E-state index contributed by atoms with van der Waals surface area (Å²) >= 11 is 12.8. The fraction of sp³-hybridized carbons (Fsp3) is 0.486. The largest absolute Gasteiger partial charge is 0.494 e. The zero-order chi connectivity index (χ0) is 34.8. The van der Waals surface area contributed by atoms with Gasteiger partial charge in [0.15, 0.2) is 5.82 Å². The average molecular weight is 722 g/mol. The smallest absolute Gasteiger partial charge is 0.247 e. The van der Waals surface area contributed by atoms with Crippen molar-refractivity contribution in [3.05, 3.63) is 71.0 Å². The molecule has 1 amide bonds. The molecule has 1 saturated carbocycles. The summed E-state index contributed by atoms with van der Waals surface area (Å²) in [5.74, 6) is 1.52. The van der Waals surface area contributed by atoms with Gasteiger partial charge in [-0.05, 0) is 69.2 Å². The summed E-state index contributed by atoms with van der Waals surface area (Å²) in [6.07, 6.45) is 9.12. The lowest BCUT2D eigenvalue weighted by atomic mass is 9.99. The number of methoxy groups -OCH3 is 1. The van der Waals surface area contributed by atoms with Gasteiger partial charge >= 0.3 is 0 Å². The Kier molecular flexibility index (Phi) is 10.7. The molecular weight excluding hydrogens is 675 g/mol. The minimum Gasteiger partial charge on any atom is -0.494 e. The Bertz CT molecular complexity index is 1700. The van der Waals surface area contributed by atoms with Crippen LogP contribution in [0.2, 0.25) is 10.0 Å². The molecule has 4 fully saturated rings. The summed E-state index contributed by atoms with van der Waals surface area (Å²) in [7, 11) is 1.65. The van der Waals surface area contributed by atoms with Gasteiger partial charge in [0.05, 0.1) is 46.9 Å². The highest BCUT2D eigenvalue weighted by Gasteiger charge is 2.37. The molecule has 4 heterocycles. The molecule has 0 bridgehead atoms. The predicted molar refractivity (Wildman–Crippen MR) is 200 cm³/mol. The van der Waals surface area contributed by atoms with Crippen molar-refractivity contribution in [3.63, 3.8) is 0 Å². The number of benzene rings is 2. The lowest BCUT2D eigenvalue weighted by Crippen LogP contribution is -2.57. The van der Waals surface area contributed by atoms with Crippen LogP contribution in [0.1, 0.15) is 44.6 Å². The third-order valence-corrected chi connectivity index (χ3v) is 11.3. The SMILES string of the molecule is C=CC(=O)Nc1cc(Nc2cc(N3OCCC3Cc3cccc(Cl)c3Cl)ncn2)c(OC)cc1N1CCC(N2CCN(C3CC3)C(C)C2)CC1. The molecule has 0 radical (unpaired) electrons. The maximum Gasteiger partial charge on any atom is 0.247 e. The van der Waals surface area contributed by atoms with Crippen molar-refractivity contribution in [2.75, 3.05) is 67.0 Å². The van der Waals surface area contributed by atoms with E-state index in [4.69, 9.17) is 32.8 Å². The third-order valence-electron chi connectivity index (χ3n) is 10.5. The van der Waals surface area contributed by atoms with Crippen LogP contribution in [0.5, 0.6) is 5.75 Å². The van der Waals surface area contributed by atoms with E-state index in [1.165, 1.54) is 31.8 Å². The standard InChI is InChI=1S/C37H46Cl2N8O3/c1-4-36(48)43-30-19-31(42-34-21-35(41-23-40-34)47-28(12-17-50-47)18-25-6-5-7-29(38)37(25)39)33(49-3)20-32(30)44-13-10-26(11-14-44)45-15-16-46(24(2)22-45)27-8-9-27/h4-7,19-21,23-24,26-28H,1,8-18,22H2,2-3H3,(H,43,48)(H,40,41,42). The van der Waals surface area contributed by atoms with Gasteiger partial charge in [-0.2, -0.15) is 0 Å². The van der Waals surface area contributed by atoms with Gasteiger partial charge in [0.1, 0.15) is 17.9 Å². The Hall–Kier alpha value is -3.61. The molecule has 2 aromatic carbocycles. The number of hydrogen-bond donors (Lipinski definition) is 2. The summed E-state index contributed by atoms with van der Waals surface area (Å²) in [4.78, 5) is 35.4. The quantitative estimate of drug-likeness (QED) is 0.212. The van der Waals surface area contributed by atoms with Crippen LogP contribution in [0.3, 0.4) is 0 Å². The second kappa shape index (κ2) is 15.3. The molecule has 2 N–H and O–H groups in total. The van der Waals surface area contributed by atoms with Gasteiger partial charge in [0.25, 0.3) is 0 Å². The summed E-state index contributed by atoms with van der Waals surface area (Å²) in [5, 5.41) is 9.34. The van der Waals surface area contributed by atoms with Crippen molar-refractivity contribution in [2.45, 2.75) is 69.6 Å². The molecule has 11 nitrogen and oxygen atoms in total. The Balaban J connectivity index is 1.07. The van der Waals surface area contributed by atoms with E-state index in [1.807, 2.05) is 35.4 Å². The maximum atomic E-state index is 12.6. The molecule has 266 valence electrons. The summed E-state index contributed by atoms with van der Waals surface area (Å²) in [6, 6.07) is 13.4. The number of nitrogens with zero attached hydrogens (tertiary/aromatic N) is 6. The van der Waals surface area contributed by atoms with E-state index >= 15 is 0 Å². The van der Waals surface area contributed by atoms with E-state index < -0.39 is 0 Å². The summed E-state index contributed by atoms with van der Waals surface area (Å²) < 4.78 is 5.90. The number of nitrogens with one attached hydrogen (secondary N) is 2. The lowest BCUT2D eigenvalue weighted by Gasteiger charge is -2.46. The number of rotatable bonds is 11. The minimum absolute atomic E-state index is 0.0168. The van der Waals surface area contributed by atoms with Crippen LogP contribution in [-0.2, 0) is 16.1 Å². The number of piperidine rings is 1. The molecule has 3 aromatic rings. The summed E-state index contributed by atoms with van der Waals surface area (Å²) in [6.45, 7) is 11.9. The van der Waals surface area contributed by atoms with Crippen molar-refractivity contribution < 1.29 is 14.4 Å². The lowest BCUT2D eigenvalue weighted by molar-refractivity contribution is -0.111. The van der Waals surface area contributed by atoms with Crippen molar-refractivity contribution >= 4 is 57.8 Å². The Morgan fingerprint density at radius 2 is 1.86 bits per heavy atom. The average Bonchev–Trinajstić information content (AvgIpc) is 3.87. The number of carbonyl (C=O) groups excluding carboxylic acids is 1. The Labute approximate surface area is 304 Å². The molecule has 1 aliphatic carbocycles. The van der Waals surface area contributed by atoms with Gasteiger partial charge in [-0.25, -0.2) is 15.0 Å². The van der Waals surface area contributed by atoms with E-state index in [0.717, 1.165) is 62.7 Å². The molecule has 2 atom stereocenters. The second-order valence-electron chi connectivity index (χ2n) is 13.7. The van der Waals surface area contributed by atoms with Crippen LogP contribution in [0, 0.1) is 0 Å². The highest BCUT2D eigenvalue weighted by atomic mass is 35.5. The van der Waals surface area contributed by atoms with E-state index in [1.54, 1.807) is 13.2 Å². The molecule has 2 unspecified atom stereocenters. The number of halogens is 2. The Morgan fingerprint density at radius 1 is 1.04 bits per heavy atom. The third kappa shape index (κ3) is 7.67. The normalized spacial score (nSPS) is 22.1. The number of aromatic nitrogens is 2. The van der Waals surface area contributed by atoms with Crippen molar-refractivity contribution in [3.8, 4) is 5.75 Å².